The third kappa shape index (κ3) is 15.6. The van der Waals surface area contributed by atoms with Gasteiger partial charge in [0.25, 0.3) is 0 Å². The smallest absolute Gasteiger partial charge is 0.156 e. The van der Waals surface area contributed by atoms with E-state index in [1.807, 2.05) is 0 Å². The molecule has 23 unspecified atom stereocenters. The normalized spacial score (nSPS) is 47.9. The largest absolute Gasteiger partial charge is 0.295 e. The molecule has 0 N–H and O–H groups in total. The van der Waals surface area contributed by atoms with E-state index in [-0.39, 0.29) is 0 Å². The lowest BCUT2D eigenvalue weighted by Gasteiger charge is -2.73. The lowest BCUT2D eigenvalue weighted by molar-refractivity contribution is -0.160. The molecule has 0 spiro atoms. The Bertz CT molecular complexity index is 2820. The number of fused-ring (bicyclic) bond motifs is 4. The van der Waals surface area contributed by atoms with Crippen LogP contribution in [-0.2, 0) is 0 Å². The molecule has 109 heavy (non-hydrogen) atoms. The van der Waals surface area contributed by atoms with Crippen LogP contribution in [0.5, 0.6) is 0 Å². The van der Waals surface area contributed by atoms with Crippen LogP contribution in [-0.4, -0.2) is 52.8 Å². The molecule has 616 valence electrons. The minimum Gasteiger partial charge on any atom is -0.295 e. The van der Waals surface area contributed by atoms with Gasteiger partial charge in [-0.1, -0.05) is 306 Å². The summed E-state index contributed by atoms with van der Waals surface area (Å²) >= 11 is 0. The summed E-state index contributed by atoms with van der Waals surface area (Å²) in [6.45, 7) is 25.4. The Kier molecular flexibility index (Phi) is 24.0. The van der Waals surface area contributed by atoms with Crippen molar-refractivity contribution in [2.75, 3.05) is 0 Å². The van der Waals surface area contributed by atoms with E-state index in [1.165, 1.54) is 32.1 Å². The third-order valence-corrected chi connectivity index (χ3v) is 43.1. The quantitative estimate of drug-likeness (QED) is 0.190. The minimum absolute atomic E-state index is 0.432. The van der Waals surface area contributed by atoms with Crippen molar-refractivity contribution in [3.63, 3.8) is 0 Å². The molecule has 2 nitrogen and oxygen atoms in total. The van der Waals surface area contributed by atoms with Gasteiger partial charge in [-0.15, -0.1) is 0 Å². The first-order valence-electron chi connectivity index (χ1n) is 52.5. The number of nitrogens with zero attached hydrogens (tertiary/aromatic N) is 2. The molecule has 17 saturated carbocycles. The van der Waals surface area contributed by atoms with Crippen molar-refractivity contribution in [1.29, 1.82) is 0 Å². The Morgan fingerprint density at radius 3 is 0.963 bits per heavy atom. The maximum absolute atomic E-state index is 4.12. The Labute approximate surface area is 676 Å². The van der Waals surface area contributed by atoms with Gasteiger partial charge in [-0.2, -0.15) is 0 Å². The molecule has 0 amide bonds. The highest BCUT2D eigenvalue weighted by molar-refractivity contribution is 6.65. The molecule has 3 heteroatoms. The number of rotatable bonds is 11. The highest BCUT2D eigenvalue weighted by Crippen LogP contribution is 2.72. The van der Waals surface area contributed by atoms with E-state index in [0.29, 0.717) is 16.2 Å². The molecule has 19 fully saturated rings. The predicted molar refractivity (Wildman–Crippen MR) is 464 cm³/mol. The van der Waals surface area contributed by atoms with Crippen LogP contribution in [0.1, 0.15) is 435 Å². The van der Waals surface area contributed by atoms with E-state index >= 15 is 0 Å². The summed E-state index contributed by atoms with van der Waals surface area (Å²) in [7, 11) is 0. The number of hydrogen-bond donors (Lipinski definition) is 0. The molecule has 0 aromatic carbocycles. The van der Waals surface area contributed by atoms with Gasteiger partial charge in [0.05, 0.1) is 0 Å². The van der Waals surface area contributed by atoms with Crippen LogP contribution >= 0.6 is 0 Å². The molecule has 2 saturated heterocycles. The van der Waals surface area contributed by atoms with E-state index < -0.39 is 0 Å². The lowest BCUT2D eigenvalue weighted by atomic mass is 9.17. The van der Waals surface area contributed by atoms with Gasteiger partial charge < -0.3 is 0 Å². The van der Waals surface area contributed by atoms with Gasteiger partial charge in [-0.05, 0) is 322 Å². The van der Waals surface area contributed by atoms with Gasteiger partial charge in [0.2, 0.25) is 0 Å². The van der Waals surface area contributed by atoms with Gasteiger partial charge in [0, 0.05) is 36.3 Å². The van der Waals surface area contributed by atoms with Crippen molar-refractivity contribution in [3.05, 3.63) is 0 Å². The Morgan fingerprint density at radius 2 is 0.523 bits per heavy atom. The summed E-state index contributed by atoms with van der Waals surface area (Å²) in [5, 5.41) is 0. The Hall–Kier alpha value is -0.0151. The standard InChI is InChI=1S/C106H179BN2/c1-104(2,3)84-51-47-71(48-52-84)82-65-97-101-98(66-82)109(103-90(74-41-27-15-28-42-74)60-81(70-35-21-12-22-36-70)61-91(103)75-43-29-16-30-44-75)96-64-77(87-62-83-57-85(105(4,5)6)55-78-45-46-79-56-86(106(7,8)9)67-92(87)100(79)99(78)83)49-53-93(96)107(101)94-63-76(68-31-17-10-18-32-68)50-54-95(94)108(97)102-88(72-37-23-13-24-38-72)58-80(69-33-19-11-20-34-69)59-89(102)73-39-25-14-26-40-73/h68-103H,10-67H2,1-9H3. The molecule has 0 radical (unpaired) electrons. The first kappa shape index (κ1) is 78.8. The van der Waals surface area contributed by atoms with Crippen LogP contribution in [0.3, 0.4) is 0 Å². The summed E-state index contributed by atoms with van der Waals surface area (Å²) in [5.41, 5.74) is 1.32. The third-order valence-electron chi connectivity index (χ3n) is 43.1. The highest BCUT2D eigenvalue weighted by Gasteiger charge is 2.70. The van der Waals surface area contributed by atoms with Crippen LogP contribution in [0.4, 0.5) is 0 Å². The minimum atomic E-state index is 0.432. The molecule has 0 aromatic rings. The lowest BCUT2D eigenvalue weighted by Crippen LogP contribution is -2.77. The van der Waals surface area contributed by atoms with E-state index in [9.17, 15) is 0 Å². The maximum Gasteiger partial charge on any atom is 0.156 e. The second-order valence-electron chi connectivity index (χ2n) is 50.5. The van der Waals surface area contributed by atoms with E-state index in [1.54, 1.807) is 340 Å². The van der Waals surface area contributed by atoms with Gasteiger partial charge in [-0.3, -0.25) is 9.80 Å². The zero-order chi connectivity index (χ0) is 74.0. The van der Waals surface area contributed by atoms with Gasteiger partial charge >= 0.3 is 0 Å². The molecule has 19 rings (SSSR count). The second kappa shape index (κ2) is 33.2. The maximum atomic E-state index is 4.12. The fourth-order valence-electron chi connectivity index (χ4n) is 38.2. The Balaban J connectivity index is 0.801. The second-order valence-corrected chi connectivity index (χ2v) is 50.5. The summed E-state index contributed by atoms with van der Waals surface area (Å²) < 4.78 is 0. The monoisotopic (exact) mass is 1490 g/mol. The summed E-state index contributed by atoms with van der Waals surface area (Å²) in [6, 6.07) is 5.17. The number of hydrogen-bond acceptors (Lipinski definition) is 2. The summed E-state index contributed by atoms with van der Waals surface area (Å²) in [4.78, 5) is 8.14. The zero-order valence-corrected chi connectivity index (χ0v) is 73.8. The molecule has 2 aliphatic heterocycles. The molecule has 17 aliphatic carbocycles. The molecule has 0 aromatic heterocycles. The Morgan fingerprint density at radius 1 is 0.193 bits per heavy atom. The fraction of sp³-hybridized carbons (Fsp3) is 1.00. The van der Waals surface area contributed by atoms with Crippen molar-refractivity contribution in [2.45, 2.75) is 488 Å². The average molecular weight is 1490 g/mol. The van der Waals surface area contributed by atoms with Crippen LogP contribution in [0.25, 0.3) is 0 Å². The van der Waals surface area contributed by atoms with E-state index in [0.717, 1.165) is 220 Å². The van der Waals surface area contributed by atoms with Crippen molar-refractivity contribution in [2.24, 2.45) is 176 Å². The van der Waals surface area contributed by atoms with Crippen LogP contribution in [0, 0.1) is 176 Å². The molecule has 0 bridgehead atoms. The average Bonchev–Trinajstić information content (AvgIpc) is 0.685. The molecular weight excluding hydrogens is 1310 g/mol. The summed E-state index contributed by atoms with van der Waals surface area (Å²) in [5.74, 6) is 29.7. The van der Waals surface area contributed by atoms with Gasteiger partial charge in [-0.25, -0.2) is 0 Å². The predicted octanol–water partition coefficient (Wildman–Crippen LogP) is 30.1. The van der Waals surface area contributed by atoms with Crippen molar-refractivity contribution in [1.82, 2.24) is 9.80 Å². The van der Waals surface area contributed by atoms with Crippen LogP contribution in [0.2, 0.25) is 17.5 Å². The van der Waals surface area contributed by atoms with Gasteiger partial charge in [0.1, 0.15) is 0 Å². The van der Waals surface area contributed by atoms with Crippen LogP contribution in [0.15, 0.2) is 0 Å². The fourth-order valence-corrected chi connectivity index (χ4v) is 38.2. The zero-order valence-electron chi connectivity index (χ0n) is 73.8. The SMILES string of the molecule is CC(C)(C)C1CCC(C2CC3C4B(C5CC(C6CCCCC6)CCC5N3C3C(C5CCCCC5)CC(C5CCCCC5)CC3C3CCCCC3)C3CCC(C5CC6CC(C(C)(C)C)CC7CCC8CC(C(C)(C)C)CC5C8C76)CC3N(C3C(C5CCCCC5)CC(C5CCCCC5)CC3C3CCCCC3)C4C2)CC1. The highest BCUT2D eigenvalue weighted by atomic mass is 15.3. The van der Waals surface area contributed by atoms with Crippen molar-refractivity contribution in [3.8, 4) is 0 Å². The summed E-state index contributed by atoms with van der Waals surface area (Å²) in [6.07, 6.45) is 92.4. The first-order valence-corrected chi connectivity index (χ1v) is 52.5. The van der Waals surface area contributed by atoms with Crippen molar-refractivity contribution < 1.29 is 0 Å². The topological polar surface area (TPSA) is 6.48 Å². The molecule has 23 atom stereocenters. The molecule has 2 heterocycles. The van der Waals surface area contributed by atoms with E-state index in [2.05, 4.69) is 72.1 Å². The van der Waals surface area contributed by atoms with Gasteiger partial charge in [0.15, 0.2) is 6.71 Å². The first-order chi connectivity index (χ1) is 52.9. The van der Waals surface area contributed by atoms with Crippen LogP contribution < -0.4 is 0 Å². The molecule has 19 aliphatic rings. The molecular formula is C106H179BN2. The van der Waals surface area contributed by atoms with E-state index in [4.69, 9.17) is 0 Å². The van der Waals surface area contributed by atoms with Crippen molar-refractivity contribution >= 4 is 6.71 Å².